The predicted octanol–water partition coefficient (Wildman–Crippen LogP) is 4.55. The third-order valence-electron chi connectivity index (χ3n) is 4.67. The molecule has 0 unspecified atom stereocenters. The predicted molar refractivity (Wildman–Crippen MR) is 122 cm³/mol. The van der Waals surface area contributed by atoms with Gasteiger partial charge in [-0.2, -0.15) is 0 Å². The van der Waals surface area contributed by atoms with E-state index in [9.17, 15) is 24.5 Å². The molecule has 1 fully saturated rings. The lowest BCUT2D eigenvalue weighted by molar-refractivity contribution is -0.384. The Kier molecular flexibility index (Phi) is 8.20. The largest absolute Gasteiger partial charge is 0.488 e. The highest BCUT2D eigenvalue weighted by Gasteiger charge is 2.36. The maximum atomic E-state index is 12.7. The summed E-state index contributed by atoms with van der Waals surface area (Å²) in [6.45, 7) is 1.95. The zero-order chi connectivity index (χ0) is 23.8. The van der Waals surface area contributed by atoms with Crippen LogP contribution in [-0.2, 0) is 20.9 Å². The smallest absolute Gasteiger partial charge is 0.326 e. The molecule has 3 rings (SSSR count). The van der Waals surface area contributed by atoms with Gasteiger partial charge in [-0.05, 0) is 48.0 Å². The van der Waals surface area contributed by atoms with Crippen LogP contribution < -0.4 is 4.74 Å². The quantitative estimate of drug-likeness (QED) is 0.163. The number of hydrogen-bond donors (Lipinski definition) is 0. The number of ether oxygens (including phenoxy) is 2. The Labute approximate surface area is 194 Å². The Morgan fingerprint density at radius 2 is 1.88 bits per heavy atom. The number of carbonyl (C=O) groups excluding carboxylic acids is 3. The van der Waals surface area contributed by atoms with Crippen LogP contribution in [0.1, 0.15) is 30.9 Å². The lowest BCUT2D eigenvalue weighted by Crippen LogP contribution is -2.34. The average Bonchev–Trinajstić information content (AvgIpc) is 3.06. The molecule has 0 aromatic heterocycles. The monoisotopic (exact) mass is 470 g/mol. The number of para-hydroxylation sites is 1. The second kappa shape index (κ2) is 11.3. The molecule has 0 radical (unpaired) electrons. The molecule has 2 aromatic rings. The standard InChI is InChI=1S/C23H22N2O7S/c1-2-3-12-31-21(26)14-24-22(27)20(33-23(24)28)13-17-6-4-5-7-19(17)32-15-16-8-10-18(11-9-16)25(29)30/h4-11,13H,2-3,12,14-15H2,1H3/b20-13-. The minimum Gasteiger partial charge on any atom is -0.488 e. The Morgan fingerprint density at radius 3 is 2.58 bits per heavy atom. The molecule has 0 saturated carbocycles. The van der Waals surface area contributed by atoms with E-state index in [1.165, 1.54) is 12.1 Å². The van der Waals surface area contributed by atoms with Gasteiger partial charge >= 0.3 is 5.97 Å². The third-order valence-corrected chi connectivity index (χ3v) is 5.58. The molecule has 10 heteroatoms. The van der Waals surface area contributed by atoms with E-state index in [4.69, 9.17) is 9.47 Å². The zero-order valence-electron chi connectivity index (χ0n) is 17.9. The van der Waals surface area contributed by atoms with Crippen molar-refractivity contribution in [1.82, 2.24) is 4.90 Å². The fourth-order valence-corrected chi connectivity index (χ4v) is 3.72. The molecule has 2 aromatic carbocycles. The number of carbonyl (C=O) groups is 3. The summed E-state index contributed by atoms with van der Waals surface area (Å²) < 4.78 is 10.9. The Bertz CT molecular complexity index is 1080. The summed E-state index contributed by atoms with van der Waals surface area (Å²) in [5.41, 5.74) is 1.30. The van der Waals surface area contributed by atoms with E-state index in [0.717, 1.165) is 28.6 Å². The van der Waals surface area contributed by atoms with Crippen LogP contribution in [0.25, 0.3) is 6.08 Å². The third kappa shape index (κ3) is 6.42. The summed E-state index contributed by atoms with van der Waals surface area (Å²) in [6.07, 6.45) is 3.12. The van der Waals surface area contributed by atoms with Crippen molar-refractivity contribution in [1.29, 1.82) is 0 Å². The van der Waals surface area contributed by atoms with Crippen LogP contribution >= 0.6 is 11.8 Å². The van der Waals surface area contributed by atoms with Gasteiger partial charge in [-0.3, -0.25) is 29.4 Å². The van der Waals surface area contributed by atoms with E-state index >= 15 is 0 Å². The number of esters is 1. The van der Waals surface area contributed by atoms with E-state index in [0.29, 0.717) is 17.7 Å². The van der Waals surface area contributed by atoms with Crippen LogP contribution in [0.2, 0.25) is 0 Å². The number of unbranched alkanes of at least 4 members (excludes halogenated alkanes) is 1. The van der Waals surface area contributed by atoms with Crippen molar-refractivity contribution >= 4 is 40.6 Å². The second-order valence-corrected chi connectivity index (χ2v) is 8.09. The summed E-state index contributed by atoms with van der Waals surface area (Å²) >= 11 is 0.746. The number of imide groups is 1. The van der Waals surface area contributed by atoms with Gasteiger partial charge in [0.25, 0.3) is 16.8 Å². The number of nitro benzene ring substituents is 1. The summed E-state index contributed by atoms with van der Waals surface area (Å²) in [7, 11) is 0. The van der Waals surface area contributed by atoms with Gasteiger partial charge < -0.3 is 9.47 Å². The fourth-order valence-electron chi connectivity index (χ4n) is 2.89. The number of non-ortho nitro benzene ring substituents is 1. The van der Waals surface area contributed by atoms with Crippen LogP contribution in [0, 0.1) is 10.1 Å². The zero-order valence-corrected chi connectivity index (χ0v) is 18.7. The molecule has 9 nitrogen and oxygen atoms in total. The van der Waals surface area contributed by atoms with Gasteiger partial charge in [0.2, 0.25) is 0 Å². The van der Waals surface area contributed by atoms with Gasteiger partial charge in [0, 0.05) is 17.7 Å². The molecule has 172 valence electrons. The average molecular weight is 471 g/mol. The molecule has 1 aliphatic heterocycles. The van der Waals surface area contributed by atoms with E-state index in [2.05, 4.69) is 0 Å². The summed E-state index contributed by atoms with van der Waals surface area (Å²) in [5, 5.41) is 10.2. The van der Waals surface area contributed by atoms with Crippen molar-refractivity contribution in [2.75, 3.05) is 13.2 Å². The van der Waals surface area contributed by atoms with Gasteiger partial charge in [-0.15, -0.1) is 0 Å². The number of benzene rings is 2. The molecule has 2 amide bonds. The maximum absolute atomic E-state index is 12.7. The highest BCUT2D eigenvalue weighted by Crippen LogP contribution is 2.34. The van der Waals surface area contributed by atoms with Crippen LogP contribution in [-0.4, -0.2) is 40.1 Å². The van der Waals surface area contributed by atoms with Crippen LogP contribution in [0.3, 0.4) is 0 Å². The Balaban J connectivity index is 1.68. The first-order valence-corrected chi connectivity index (χ1v) is 11.1. The van der Waals surface area contributed by atoms with Crippen molar-refractivity contribution < 1.29 is 28.8 Å². The van der Waals surface area contributed by atoms with E-state index in [-0.39, 0.29) is 23.8 Å². The summed E-state index contributed by atoms with van der Waals surface area (Å²) in [4.78, 5) is 48.2. The Morgan fingerprint density at radius 1 is 1.15 bits per heavy atom. The van der Waals surface area contributed by atoms with Gasteiger partial charge in [0.1, 0.15) is 18.9 Å². The van der Waals surface area contributed by atoms with Crippen LogP contribution in [0.4, 0.5) is 10.5 Å². The van der Waals surface area contributed by atoms with Gasteiger partial charge in [-0.1, -0.05) is 31.5 Å². The fraction of sp³-hybridized carbons (Fsp3) is 0.261. The van der Waals surface area contributed by atoms with Gasteiger partial charge in [0.15, 0.2) is 0 Å². The molecule has 1 heterocycles. The lowest BCUT2D eigenvalue weighted by Gasteiger charge is -2.12. The normalized spacial score (nSPS) is 14.6. The Hall–Kier alpha value is -3.66. The second-order valence-electron chi connectivity index (χ2n) is 7.09. The number of rotatable bonds is 10. The molecule has 1 saturated heterocycles. The molecular formula is C23H22N2O7S. The highest BCUT2D eigenvalue weighted by atomic mass is 32.2. The summed E-state index contributed by atoms with van der Waals surface area (Å²) in [6, 6.07) is 13.0. The molecule has 0 aliphatic carbocycles. The van der Waals surface area contributed by atoms with E-state index in [1.807, 2.05) is 6.92 Å². The number of nitro groups is 1. The first kappa shape index (κ1) is 24.0. The van der Waals surface area contributed by atoms with Crippen molar-refractivity contribution in [3.05, 3.63) is 74.7 Å². The van der Waals surface area contributed by atoms with Crippen molar-refractivity contribution in [2.45, 2.75) is 26.4 Å². The van der Waals surface area contributed by atoms with Crippen molar-refractivity contribution in [3.63, 3.8) is 0 Å². The molecule has 1 aliphatic rings. The molecule has 0 atom stereocenters. The SMILES string of the molecule is CCCCOC(=O)CN1C(=O)S/C(=C\c2ccccc2OCc2ccc([N+](=O)[O-])cc2)C1=O. The van der Waals surface area contributed by atoms with Crippen LogP contribution in [0.15, 0.2) is 53.4 Å². The number of amides is 2. The first-order chi connectivity index (χ1) is 15.9. The lowest BCUT2D eigenvalue weighted by atomic mass is 10.1. The highest BCUT2D eigenvalue weighted by molar-refractivity contribution is 8.18. The molecule has 0 spiro atoms. The number of nitrogens with zero attached hydrogens (tertiary/aromatic N) is 2. The molecule has 0 N–H and O–H groups in total. The van der Waals surface area contributed by atoms with Crippen LogP contribution in [0.5, 0.6) is 5.75 Å². The maximum Gasteiger partial charge on any atom is 0.326 e. The topological polar surface area (TPSA) is 116 Å². The number of thioether (sulfide) groups is 1. The molecular weight excluding hydrogens is 448 g/mol. The van der Waals surface area contributed by atoms with Gasteiger partial charge in [0.05, 0.1) is 16.4 Å². The molecule has 33 heavy (non-hydrogen) atoms. The van der Waals surface area contributed by atoms with Crippen molar-refractivity contribution in [2.24, 2.45) is 0 Å². The molecule has 0 bridgehead atoms. The van der Waals surface area contributed by atoms with Gasteiger partial charge in [-0.25, -0.2) is 0 Å². The number of hydrogen-bond acceptors (Lipinski definition) is 8. The summed E-state index contributed by atoms with van der Waals surface area (Å²) in [5.74, 6) is -0.719. The minimum absolute atomic E-state index is 0.0101. The van der Waals surface area contributed by atoms with E-state index < -0.39 is 28.6 Å². The minimum atomic E-state index is -0.626. The van der Waals surface area contributed by atoms with E-state index in [1.54, 1.807) is 42.5 Å². The first-order valence-electron chi connectivity index (χ1n) is 10.2. The van der Waals surface area contributed by atoms with Crippen molar-refractivity contribution in [3.8, 4) is 5.75 Å².